The average Bonchev–Trinajstić information content (AvgIpc) is 2.56. The minimum Gasteiger partial charge on any atom is -0.381 e. The molecule has 0 spiro atoms. The lowest BCUT2D eigenvalue weighted by Crippen LogP contribution is -2.33. The average molecular weight is 352 g/mol. The first kappa shape index (κ1) is 24.4. The van der Waals surface area contributed by atoms with Crippen LogP contribution in [-0.2, 0) is 4.74 Å². The fourth-order valence-corrected chi connectivity index (χ4v) is 2.63. The molecular formula is C23H45NO. The summed E-state index contributed by atoms with van der Waals surface area (Å²) in [5.41, 5.74) is 5.83. The molecule has 0 atom stereocenters. The molecule has 0 fully saturated rings. The van der Waals surface area contributed by atoms with Crippen LogP contribution in [0.4, 0.5) is 0 Å². The van der Waals surface area contributed by atoms with Gasteiger partial charge in [-0.25, -0.2) is 0 Å². The molecule has 0 aliphatic heterocycles. The number of unbranched alkanes of at least 4 members (excludes halogenated alkanes) is 9. The second-order valence-corrected chi connectivity index (χ2v) is 7.94. The third-order valence-electron chi connectivity index (χ3n) is 4.38. The van der Waals surface area contributed by atoms with Crippen LogP contribution < -0.4 is 5.73 Å². The molecule has 148 valence electrons. The molecule has 25 heavy (non-hydrogen) atoms. The summed E-state index contributed by atoms with van der Waals surface area (Å²) in [4.78, 5) is 0. The molecule has 0 aromatic carbocycles. The van der Waals surface area contributed by atoms with Gasteiger partial charge in [-0.15, -0.1) is 0 Å². The summed E-state index contributed by atoms with van der Waals surface area (Å²) in [6.45, 7) is 8.05. The highest BCUT2D eigenvalue weighted by molar-refractivity contribution is 4.92. The van der Waals surface area contributed by atoms with E-state index in [2.05, 4.69) is 45.1 Å². The lowest BCUT2D eigenvalue weighted by molar-refractivity contribution is 0.115. The van der Waals surface area contributed by atoms with Crippen molar-refractivity contribution in [2.75, 3.05) is 13.2 Å². The highest BCUT2D eigenvalue weighted by Crippen LogP contribution is 2.09. The zero-order chi connectivity index (χ0) is 18.6. The molecule has 2 N–H and O–H groups in total. The van der Waals surface area contributed by atoms with Crippen LogP contribution in [0, 0.1) is 0 Å². The Bertz CT molecular complexity index is 315. The minimum absolute atomic E-state index is 0.0979. The van der Waals surface area contributed by atoms with E-state index in [1.54, 1.807) is 0 Å². The Hall–Kier alpha value is -0.600. The molecule has 2 nitrogen and oxygen atoms in total. The maximum atomic E-state index is 5.92. The zero-order valence-electron chi connectivity index (χ0n) is 17.4. The minimum atomic E-state index is -0.0979. The Morgan fingerprint density at radius 2 is 1.28 bits per heavy atom. The van der Waals surface area contributed by atoms with Crippen molar-refractivity contribution in [2.24, 2.45) is 5.73 Å². The molecule has 0 bridgehead atoms. The largest absolute Gasteiger partial charge is 0.381 e. The van der Waals surface area contributed by atoms with E-state index in [1.165, 1.54) is 70.6 Å². The fraction of sp³-hybridized carbons (Fsp3) is 0.826. The van der Waals surface area contributed by atoms with Gasteiger partial charge in [0.15, 0.2) is 0 Å². The summed E-state index contributed by atoms with van der Waals surface area (Å²) in [5.74, 6) is 0. The van der Waals surface area contributed by atoms with Crippen molar-refractivity contribution in [3.8, 4) is 0 Å². The molecule has 0 saturated heterocycles. The highest BCUT2D eigenvalue weighted by Gasteiger charge is 2.09. The number of ether oxygens (including phenoxy) is 1. The van der Waals surface area contributed by atoms with E-state index in [0.717, 1.165) is 26.1 Å². The van der Waals surface area contributed by atoms with E-state index in [1.807, 2.05) is 0 Å². The monoisotopic (exact) mass is 351 g/mol. The quantitative estimate of drug-likeness (QED) is 0.214. The molecule has 0 radical (unpaired) electrons. The first-order valence-electron chi connectivity index (χ1n) is 10.7. The van der Waals surface area contributed by atoms with Crippen LogP contribution in [0.1, 0.15) is 104 Å². The van der Waals surface area contributed by atoms with Gasteiger partial charge in [0.1, 0.15) is 0 Å². The van der Waals surface area contributed by atoms with Gasteiger partial charge in [-0.1, -0.05) is 69.8 Å². The molecular weight excluding hydrogens is 306 g/mol. The number of rotatable bonds is 18. The van der Waals surface area contributed by atoms with Crippen molar-refractivity contribution in [3.05, 3.63) is 24.3 Å². The number of hydrogen-bond donors (Lipinski definition) is 1. The molecule has 2 heteroatoms. The third kappa shape index (κ3) is 23.4. The Morgan fingerprint density at radius 1 is 0.720 bits per heavy atom. The predicted molar refractivity (Wildman–Crippen MR) is 113 cm³/mol. The van der Waals surface area contributed by atoms with E-state index in [9.17, 15) is 0 Å². The third-order valence-corrected chi connectivity index (χ3v) is 4.38. The normalized spacial score (nSPS) is 12.6. The topological polar surface area (TPSA) is 35.2 Å². The number of nitrogens with two attached hydrogens (primary N) is 1. The van der Waals surface area contributed by atoms with Crippen molar-refractivity contribution in [3.63, 3.8) is 0 Å². The number of hydrogen-bond acceptors (Lipinski definition) is 2. The van der Waals surface area contributed by atoms with Gasteiger partial charge in [0, 0.05) is 18.8 Å². The Balaban J connectivity index is 3.17. The standard InChI is InChI=1S/C23H45NO/c1-4-5-6-7-8-9-10-11-12-13-14-15-16-17-18-19-21-25-22-20-23(2,3)24/h8-9,11-12H,4-7,10,13-22,24H2,1-3H3/b9-8-,12-11-. The van der Waals surface area contributed by atoms with Gasteiger partial charge in [0.2, 0.25) is 0 Å². The zero-order valence-corrected chi connectivity index (χ0v) is 17.4. The Morgan fingerprint density at radius 3 is 1.88 bits per heavy atom. The van der Waals surface area contributed by atoms with E-state index in [4.69, 9.17) is 10.5 Å². The summed E-state index contributed by atoms with van der Waals surface area (Å²) >= 11 is 0. The van der Waals surface area contributed by atoms with Crippen LogP contribution in [0.25, 0.3) is 0 Å². The lowest BCUT2D eigenvalue weighted by atomic mass is 10.0. The van der Waals surface area contributed by atoms with Crippen LogP contribution in [0.15, 0.2) is 24.3 Å². The maximum Gasteiger partial charge on any atom is 0.0483 e. The van der Waals surface area contributed by atoms with Gasteiger partial charge < -0.3 is 10.5 Å². The van der Waals surface area contributed by atoms with E-state index in [0.29, 0.717) is 0 Å². The second-order valence-electron chi connectivity index (χ2n) is 7.94. The van der Waals surface area contributed by atoms with Gasteiger partial charge in [0.25, 0.3) is 0 Å². The molecule has 0 aliphatic rings. The van der Waals surface area contributed by atoms with Crippen LogP contribution in [0.5, 0.6) is 0 Å². The predicted octanol–water partition coefficient (Wildman–Crippen LogP) is 6.94. The summed E-state index contributed by atoms with van der Waals surface area (Å²) in [6, 6.07) is 0. The second kappa shape index (κ2) is 18.2. The molecule has 0 aromatic heterocycles. The maximum absolute atomic E-state index is 5.92. The summed E-state index contributed by atoms with van der Waals surface area (Å²) in [6.07, 6.45) is 25.7. The fourth-order valence-electron chi connectivity index (χ4n) is 2.63. The van der Waals surface area contributed by atoms with Crippen molar-refractivity contribution in [1.29, 1.82) is 0 Å². The van der Waals surface area contributed by atoms with Crippen LogP contribution >= 0.6 is 0 Å². The van der Waals surface area contributed by atoms with Crippen molar-refractivity contribution >= 4 is 0 Å². The van der Waals surface area contributed by atoms with E-state index >= 15 is 0 Å². The Kier molecular flexibility index (Phi) is 17.8. The molecule has 0 unspecified atom stereocenters. The van der Waals surface area contributed by atoms with E-state index < -0.39 is 0 Å². The molecule has 0 amide bonds. The summed E-state index contributed by atoms with van der Waals surface area (Å²) in [7, 11) is 0. The Labute approximate surface area is 158 Å². The first-order valence-corrected chi connectivity index (χ1v) is 10.7. The summed E-state index contributed by atoms with van der Waals surface area (Å²) < 4.78 is 5.63. The number of allylic oxidation sites excluding steroid dienone is 4. The van der Waals surface area contributed by atoms with Gasteiger partial charge in [-0.05, 0) is 58.8 Å². The lowest BCUT2D eigenvalue weighted by Gasteiger charge is -2.17. The van der Waals surface area contributed by atoms with Crippen molar-refractivity contribution in [1.82, 2.24) is 0 Å². The van der Waals surface area contributed by atoms with Gasteiger partial charge in [0.05, 0.1) is 0 Å². The smallest absolute Gasteiger partial charge is 0.0483 e. The molecule has 0 aromatic rings. The van der Waals surface area contributed by atoms with Gasteiger partial charge >= 0.3 is 0 Å². The SMILES string of the molecule is CCCCC/C=C\C/C=C\CCCCCCCCOCCC(C)(C)N. The first-order chi connectivity index (χ1) is 12.1. The van der Waals surface area contributed by atoms with Crippen LogP contribution in [0.2, 0.25) is 0 Å². The van der Waals surface area contributed by atoms with Gasteiger partial charge in [-0.2, -0.15) is 0 Å². The van der Waals surface area contributed by atoms with Crippen LogP contribution in [0.3, 0.4) is 0 Å². The summed E-state index contributed by atoms with van der Waals surface area (Å²) in [5, 5.41) is 0. The van der Waals surface area contributed by atoms with Crippen LogP contribution in [-0.4, -0.2) is 18.8 Å². The van der Waals surface area contributed by atoms with Gasteiger partial charge in [-0.3, -0.25) is 0 Å². The van der Waals surface area contributed by atoms with E-state index in [-0.39, 0.29) is 5.54 Å². The molecule has 0 aliphatic carbocycles. The van der Waals surface area contributed by atoms with Crippen molar-refractivity contribution in [2.45, 2.75) is 110 Å². The highest BCUT2D eigenvalue weighted by atomic mass is 16.5. The molecule has 0 heterocycles. The molecule has 0 rings (SSSR count). The van der Waals surface area contributed by atoms with Crippen molar-refractivity contribution < 1.29 is 4.74 Å². The molecule has 0 saturated carbocycles.